The second kappa shape index (κ2) is 22.7. The van der Waals surface area contributed by atoms with E-state index in [0.717, 1.165) is 22.3 Å². The molecule has 2 fully saturated rings. The molecule has 2 amide bonds. The summed E-state index contributed by atoms with van der Waals surface area (Å²) in [4.78, 5) is 56.0. The number of piperidine rings is 2. The second-order valence-electron chi connectivity index (χ2n) is 21.2. The maximum Gasteiger partial charge on any atom is 0.304 e. The van der Waals surface area contributed by atoms with Crippen molar-refractivity contribution in [3.05, 3.63) is 139 Å². The van der Waals surface area contributed by atoms with Crippen LogP contribution in [0, 0.1) is 22.7 Å². The van der Waals surface area contributed by atoms with Crippen molar-refractivity contribution >= 4 is 70.2 Å². The molecule has 4 aromatic carbocycles. The highest BCUT2D eigenvalue weighted by Gasteiger charge is 2.55. The van der Waals surface area contributed by atoms with Gasteiger partial charge in [-0.1, -0.05) is 136 Å². The molecule has 380 valence electrons. The number of carbonyl (C=O) groups excluding carboxylic acids is 2. The summed E-state index contributed by atoms with van der Waals surface area (Å²) >= 11 is 25.1. The largest absolute Gasteiger partial charge is 0.481 e. The van der Waals surface area contributed by atoms with Crippen LogP contribution in [0.5, 0.6) is 0 Å². The van der Waals surface area contributed by atoms with Crippen LogP contribution in [0.15, 0.2) is 97.1 Å². The van der Waals surface area contributed by atoms with Gasteiger partial charge in [0.25, 0.3) is 0 Å². The summed E-state index contributed by atoms with van der Waals surface area (Å²) in [6.45, 7) is 18.4. The van der Waals surface area contributed by atoms with Crippen molar-refractivity contribution in [2.75, 3.05) is 0 Å². The molecule has 2 aliphatic rings. The van der Waals surface area contributed by atoms with Crippen LogP contribution in [-0.2, 0) is 19.2 Å². The van der Waals surface area contributed by atoms with Gasteiger partial charge in [0.15, 0.2) is 0 Å². The molecule has 4 aromatic rings. The third-order valence-corrected chi connectivity index (χ3v) is 16.2. The zero-order valence-corrected chi connectivity index (χ0v) is 45.0. The highest BCUT2D eigenvalue weighted by atomic mass is 35.5. The summed E-state index contributed by atoms with van der Waals surface area (Å²) in [5, 5.41) is 43.7. The fraction of sp³-hybridized carbons (Fsp3) is 0.500. The number of likely N-dealkylation sites (tertiary alicyclic amines) is 2. The van der Waals surface area contributed by atoms with Crippen molar-refractivity contribution in [1.82, 2.24) is 9.80 Å². The van der Waals surface area contributed by atoms with Gasteiger partial charge in [0.05, 0.1) is 47.0 Å². The van der Waals surface area contributed by atoms with Crippen molar-refractivity contribution in [2.45, 2.75) is 155 Å². The van der Waals surface area contributed by atoms with Crippen molar-refractivity contribution in [1.29, 1.82) is 0 Å². The molecule has 0 bridgehead atoms. The molecule has 2 unspecified atom stereocenters. The van der Waals surface area contributed by atoms with Crippen LogP contribution < -0.4 is 0 Å². The van der Waals surface area contributed by atoms with Crippen LogP contribution in [0.3, 0.4) is 0 Å². The monoisotopic (exact) mass is 1040 g/mol. The van der Waals surface area contributed by atoms with E-state index in [1.807, 2.05) is 98.2 Å². The number of rotatable bonds is 16. The third-order valence-electron chi connectivity index (χ3n) is 15.2. The van der Waals surface area contributed by atoms with Gasteiger partial charge in [-0.3, -0.25) is 19.2 Å². The van der Waals surface area contributed by atoms with E-state index in [2.05, 4.69) is 0 Å². The van der Waals surface area contributed by atoms with Gasteiger partial charge in [0.2, 0.25) is 11.8 Å². The molecule has 2 aliphatic heterocycles. The molecule has 10 nitrogen and oxygen atoms in total. The lowest BCUT2D eigenvalue weighted by Crippen LogP contribution is -2.59. The van der Waals surface area contributed by atoms with Crippen LogP contribution >= 0.6 is 46.4 Å². The van der Waals surface area contributed by atoms with Gasteiger partial charge < -0.3 is 30.2 Å². The lowest BCUT2D eigenvalue weighted by Gasteiger charge is -2.54. The van der Waals surface area contributed by atoms with Gasteiger partial charge in [-0.15, -0.1) is 0 Å². The SMILES string of the molecule is CCC([C@@H](C)C(C)(C)O)N1C(=O)[C@@](C)(CC(=O)O)C[C@H](c2cccc(Cl)c2)[C@H]1c1ccc(Cl)cc1.CCC([C@H](C)C(C)(C)O)N1C(=O)[C@@](C)(CC(=O)O)C[C@H](c2cccc(Cl)c2)[C@H]1c1ccc(Cl)cc1. The number of aliphatic carboxylic acids is 2. The van der Waals surface area contributed by atoms with Crippen molar-refractivity contribution in [3.8, 4) is 0 Å². The number of halogens is 4. The molecule has 0 spiro atoms. The fourth-order valence-corrected chi connectivity index (χ4v) is 11.7. The Morgan fingerprint density at radius 2 is 0.886 bits per heavy atom. The maximum atomic E-state index is 14.2. The topological polar surface area (TPSA) is 156 Å². The molecule has 0 aliphatic carbocycles. The minimum Gasteiger partial charge on any atom is -0.481 e. The van der Waals surface area contributed by atoms with E-state index in [-0.39, 0.29) is 72.5 Å². The van der Waals surface area contributed by atoms with Gasteiger partial charge in [0, 0.05) is 55.8 Å². The van der Waals surface area contributed by atoms with E-state index >= 15 is 0 Å². The highest BCUT2D eigenvalue weighted by molar-refractivity contribution is 6.31. The summed E-state index contributed by atoms with van der Waals surface area (Å²) in [5.41, 5.74) is -0.620. The first-order chi connectivity index (χ1) is 32.6. The fourth-order valence-electron chi connectivity index (χ4n) is 11.0. The van der Waals surface area contributed by atoms with Crippen LogP contribution in [0.4, 0.5) is 0 Å². The molecule has 2 saturated heterocycles. The smallest absolute Gasteiger partial charge is 0.304 e. The zero-order chi connectivity index (χ0) is 52.3. The molecule has 0 saturated carbocycles. The number of carboxylic acids is 2. The van der Waals surface area contributed by atoms with E-state index in [4.69, 9.17) is 46.4 Å². The Morgan fingerprint density at radius 3 is 1.14 bits per heavy atom. The number of nitrogens with zero attached hydrogens (tertiary/aromatic N) is 2. The molecular weight excluding hydrogens is 970 g/mol. The Labute approximate surface area is 434 Å². The lowest BCUT2D eigenvalue weighted by atomic mass is 9.66. The molecular formula is C56H70Cl4N2O8. The summed E-state index contributed by atoms with van der Waals surface area (Å²) in [5.74, 6) is -3.39. The van der Waals surface area contributed by atoms with Crippen molar-refractivity contribution in [2.24, 2.45) is 22.7 Å². The zero-order valence-electron chi connectivity index (χ0n) is 41.9. The van der Waals surface area contributed by atoms with Gasteiger partial charge in [-0.25, -0.2) is 0 Å². The van der Waals surface area contributed by atoms with E-state index in [1.165, 1.54) is 0 Å². The Kier molecular flexibility index (Phi) is 18.4. The van der Waals surface area contributed by atoms with E-state index in [0.29, 0.717) is 45.8 Å². The minimum atomic E-state index is -1.12. The van der Waals surface area contributed by atoms with Crippen LogP contribution in [-0.4, -0.2) is 77.3 Å². The summed E-state index contributed by atoms with van der Waals surface area (Å²) in [7, 11) is 0. The van der Waals surface area contributed by atoms with E-state index < -0.39 is 34.0 Å². The molecule has 6 rings (SSSR count). The van der Waals surface area contributed by atoms with Crippen molar-refractivity contribution in [3.63, 3.8) is 0 Å². The molecule has 4 N–H and O–H groups in total. The number of carbonyl (C=O) groups is 4. The summed E-state index contributed by atoms with van der Waals surface area (Å²) in [6.07, 6.45) is 1.37. The van der Waals surface area contributed by atoms with E-state index in [1.54, 1.807) is 77.9 Å². The van der Waals surface area contributed by atoms with Crippen molar-refractivity contribution < 1.29 is 39.6 Å². The van der Waals surface area contributed by atoms with E-state index in [9.17, 15) is 39.6 Å². The number of aliphatic hydroxyl groups is 2. The van der Waals surface area contributed by atoms with Gasteiger partial charge >= 0.3 is 11.9 Å². The predicted octanol–water partition coefficient (Wildman–Crippen LogP) is 13.4. The first kappa shape index (κ1) is 56.8. The Morgan fingerprint density at radius 1 is 0.571 bits per heavy atom. The molecule has 0 radical (unpaired) electrons. The molecule has 10 atom stereocenters. The highest BCUT2D eigenvalue weighted by Crippen LogP contribution is 2.55. The van der Waals surface area contributed by atoms with Crippen LogP contribution in [0.1, 0.15) is 154 Å². The van der Waals surface area contributed by atoms with Crippen LogP contribution in [0.2, 0.25) is 20.1 Å². The average molecular weight is 1040 g/mol. The summed E-state index contributed by atoms with van der Waals surface area (Å²) < 4.78 is 0. The molecule has 70 heavy (non-hydrogen) atoms. The number of carboxylic acid groups (broad SMARTS) is 2. The van der Waals surface area contributed by atoms with Crippen LogP contribution in [0.25, 0.3) is 0 Å². The standard InChI is InChI=1S/2C28H35Cl2NO4/c2*1-6-23(17(2)27(3,4)35)31-25(18-10-12-20(29)13-11-18)22(19-8-7-9-21(30)14-19)15-28(5,26(31)34)16-24(32)33/h2*7-14,17,22-23,25,35H,6,15-16H2,1-5H3,(H,32,33)/t17-,22+,23?,25+,28+;17-,22-,23?,25-,28-/m01/s1. The number of hydrogen-bond acceptors (Lipinski definition) is 6. The Bertz CT molecular complexity index is 2300. The van der Waals surface area contributed by atoms with Gasteiger partial charge in [-0.2, -0.15) is 0 Å². The molecule has 0 aromatic heterocycles. The first-order valence-corrected chi connectivity index (χ1v) is 25.6. The Hall–Kier alpha value is -4.16. The van der Waals surface area contributed by atoms with Gasteiger partial charge in [0.1, 0.15) is 0 Å². The predicted molar refractivity (Wildman–Crippen MR) is 279 cm³/mol. The number of amides is 2. The first-order valence-electron chi connectivity index (χ1n) is 24.1. The molecule has 2 heterocycles. The molecule has 14 heteroatoms. The summed E-state index contributed by atoms with van der Waals surface area (Å²) in [6, 6.07) is 28.6. The number of hydrogen-bond donors (Lipinski definition) is 4. The minimum absolute atomic E-state index is 0.207. The number of benzene rings is 4. The third kappa shape index (κ3) is 12.9. The average Bonchev–Trinajstić information content (AvgIpc) is 3.26. The lowest BCUT2D eigenvalue weighted by molar-refractivity contribution is -0.164. The quantitative estimate of drug-likeness (QED) is 0.0864. The second-order valence-corrected chi connectivity index (χ2v) is 23.0. The maximum absolute atomic E-state index is 14.2. The Balaban J connectivity index is 0.000000261. The van der Waals surface area contributed by atoms with Gasteiger partial charge in [-0.05, 0) is 124 Å². The normalized spacial score (nSPS) is 24.8.